The normalized spacial score (nSPS) is 10.6. The van der Waals surface area contributed by atoms with Gasteiger partial charge in [0.2, 0.25) is 11.7 Å². The Balaban J connectivity index is 2.02. The van der Waals surface area contributed by atoms with Gasteiger partial charge in [-0.1, -0.05) is 5.16 Å². The summed E-state index contributed by atoms with van der Waals surface area (Å²) in [6, 6.07) is 3.71. The van der Waals surface area contributed by atoms with Crippen molar-refractivity contribution < 1.29 is 4.52 Å². The molecule has 2 aromatic heterocycles. The minimum Gasteiger partial charge on any atom is -0.339 e. The van der Waals surface area contributed by atoms with E-state index in [9.17, 15) is 0 Å². The average Bonchev–Trinajstić information content (AvgIpc) is 2.79. The highest BCUT2D eigenvalue weighted by Crippen LogP contribution is 2.14. The van der Waals surface area contributed by atoms with Crippen LogP contribution in [0.25, 0.3) is 11.4 Å². The molecule has 0 spiro atoms. The molecule has 0 radical (unpaired) electrons. The molecule has 2 rings (SSSR count). The first-order valence-corrected chi connectivity index (χ1v) is 5.33. The third kappa shape index (κ3) is 2.64. The smallest absolute Gasteiger partial charge is 0.226 e. The molecule has 0 saturated heterocycles. The van der Waals surface area contributed by atoms with Crippen molar-refractivity contribution in [3.63, 3.8) is 0 Å². The molecule has 0 aliphatic rings. The highest BCUT2D eigenvalue weighted by molar-refractivity contribution is 5.52. The van der Waals surface area contributed by atoms with E-state index in [2.05, 4.69) is 15.1 Å². The summed E-state index contributed by atoms with van der Waals surface area (Å²) in [6.45, 7) is 0.700. The summed E-state index contributed by atoms with van der Waals surface area (Å²) in [5, 5.41) is 3.92. The van der Waals surface area contributed by atoms with E-state index in [1.54, 1.807) is 12.4 Å². The molecule has 2 N–H and O–H groups in total. The molecule has 0 fully saturated rings. The SMILES string of the molecule is NCCCCc1nc(-c2ccncc2)no1. The molecule has 0 saturated carbocycles. The summed E-state index contributed by atoms with van der Waals surface area (Å²) >= 11 is 0. The fourth-order valence-corrected chi connectivity index (χ4v) is 1.40. The molecular formula is C11H14N4O. The molecule has 0 aromatic carbocycles. The van der Waals surface area contributed by atoms with Crippen LogP contribution < -0.4 is 5.73 Å². The van der Waals surface area contributed by atoms with E-state index >= 15 is 0 Å². The predicted octanol–water partition coefficient (Wildman–Crippen LogP) is 1.41. The average molecular weight is 218 g/mol. The van der Waals surface area contributed by atoms with Crippen molar-refractivity contribution in [2.24, 2.45) is 5.73 Å². The Labute approximate surface area is 93.7 Å². The Kier molecular flexibility index (Phi) is 3.61. The second kappa shape index (κ2) is 5.37. The summed E-state index contributed by atoms with van der Waals surface area (Å²) < 4.78 is 5.14. The zero-order valence-electron chi connectivity index (χ0n) is 8.97. The van der Waals surface area contributed by atoms with E-state index < -0.39 is 0 Å². The zero-order valence-corrected chi connectivity index (χ0v) is 8.97. The van der Waals surface area contributed by atoms with Crippen LogP contribution in [-0.2, 0) is 6.42 Å². The van der Waals surface area contributed by atoms with Crippen LogP contribution in [0.5, 0.6) is 0 Å². The number of pyridine rings is 1. The zero-order chi connectivity index (χ0) is 11.2. The summed E-state index contributed by atoms with van der Waals surface area (Å²) in [5.41, 5.74) is 6.34. The standard InChI is InChI=1S/C11H14N4O/c12-6-2-1-3-10-14-11(15-16-10)9-4-7-13-8-5-9/h4-5,7-8H,1-3,6,12H2. The van der Waals surface area contributed by atoms with Gasteiger partial charge in [0.05, 0.1) is 0 Å². The van der Waals surface area contributed by atoms with Gasteiger partial charge >= 0.3 is 0 Å². The van der Waals surface area contributed by atoms with Gasteiger partial charge in [-0.3, -0.25) is 4.98 Å². The van der Waals surface area contributed by atoms with Crippen LogP contribution in [0.3, 0.4) is 0 Å². The molecule has 0 atom stereocenters. The van der Waals surface area contributed by atoms with Gasteiger partial charge in [-0.15, -0.1) is 0 Å². The first-order chi connectivity index (χ1) is 7.90. The molecule has 5 heteroatoms. The number of nitrogens with zero attached hydrogens (tertiary/aromatic N) is 3. The van der Waals surface area contributed by atoms with Crippen molar-refractivity contribution >= 4 is 0 Å². The molecule has 0 unspecified atom stereocenters. The maximum atomic E-state index is 5.42. The number of rotatable bonds is 5. The molecule has 16 heavy (non-hydrogen) atoms. The van der Waals surface area contributed by atoms with Gasteiger partial charge in [0.15, 0.2) is 0 Å². The van der Waals surface area contributed by atoms with Crippen LogP contribution in [0.1, 0.15) is 18.7 Å². The lowest BCUT2D eigenvalue weighted by Crippen LogP contribution is -1.99. The summed E-state index contributed by atoms with van der Waals surface area (Å²) in [4.78, 5) is 8.24. The Bertz CT molecular complexity index is 427. The van der Waals surface area contributed by atoms with Crippen molar-refractivity contribution in [1.29, 1.82) is 0 Å². The summed E-state index contributed by atoms with van der Waals surface area (Å²) in [5.74, 6) is 1.28. The van der Waals surface area contributed by atoms with Crippen LogP contribution >= 0.6 is 0 Å². The Morgan fingerprint density at radius 1 is 1.19 bits per heavy atom. The molecule has 84 valence electrons. The van der Waals surface area contributed by atoms with E-state index in [-0.39, 0.29) is 0 Å². The molecule has 0 aliphatic heterocycles. The molecule has 5 nitrogen and oxygen atoms in total. The van der Waals surface area contributed by atoms with E-state index in [1.165, 1.54) is 0 Å². The van der Waals surface area contributed by atoms with Crippen LogP contribution in [0.15, 0.2) is 29.0 Å². The second-order valence-electron chi connectivity index (χ2n) is 3.49. The minimum atomic E-state index is 0.616. The first kappa shape index (κ1) is 10.8. The molecule has 2 heterocycles. The maximum absolute atomic E-state index is 5.42. The minimum absolute atomic E-state index is 0.616. The lowest BCUT2D eigenvalue weighted by molar-refractivity contribution is 0.375. The van der Waals surface area contributed by atoms with Crippen molar-refractivity contribution in [3.05, 3.63) is 30.4 Å². The van der Waals surface area contributed by atoms with Gasteiger partial charge in [0.1, 0.15) is 0 Å². The molecular weight excluding hydrogens is 204 g/mol. The van der Waals surface area contributed by atoms with E-state index in [0.29, 0.717) is 18.3 Å². The number of unbranched alkanes of at least 4 members (excludes halogenated alkanes) is 1. The van der Waals surface area contributed by atoms with E-state index in [1.807, 2.05) is 12.1 Å². The lowest BCUT2D eigenvalue weighted by atomic mass is 10.2. The van der Waals surface area contributed by atoms with Crippen molar-refractivity contribution in [1.82, 2.24) is 15.1 Å². The number of hydrogen-bond donors (Lipinski definition) is 1. The molecule has 0 bridgehead atoms. The molecule has 2 aromatic rings. The highest BCUT2D eigenvalue weighted by Gasteiger charge is 2.07. The fraction of sp³-hybridized carbons (Fsp3) is 0.364. The highest BCUT2D eigenvalue weighted by atomic mass is 16.5. The summed E-state index contributed by atoms with van der Waals surface area (Å²) in [7, 11) is 0. The lowest BCUT2D eigenvalue weighted by Gasteiger charge is -1.92. The quantitative estimate of drug-likeness (QED) is 0.768. The van der Waals surface area contributed by atoms with Crippen molar-refractivity contribution in [2.45, 2.75) is 19.3 Å². The van der Waals surface area contributed by atoms with Gasteiger partial charge in [-0.05, 0) is 31.5 Å². The van der Waals surface area contributed by atoms with Crippen LogP contribution in [0, 0.1) is 0 Å². The number of nitrogens with two attached hydrogens (primary N) is 1. The third-order valence-electron chi connectivity index (χ3n) is 2.25. The van der Waals surface area contributed by atoms with Crippen molar-refractivity contribution in [2.75, 3.05) is 6.54 Å². The summed E-state index contributed by atoms with van der Waals surface area (Å²) in [6.07, 6.45) is 6.16. The molecule has 0 amide bonds. The van der Waals surface area contributed by atoms with Gasteiger partial charge in [0.25, 0.3) is 0 Å². The fourth-order valence-electron chi connectivity index (χ4n) is 1.40. The number of aryl methyl sites for hydroxylation is 1. The Morgan fingerprint density at radius 3 is 2.75 bits per heavy atom. The van der Waals surface area contributed by atoms with Gasteiger partial charge in [-0.2, -0.15) is 4.98 Å². The van der Waals surface area contributed by atoms with E-state index in [4.69, 9.17) is 10.3 Å². The topological polar surface area (TPSA) is 77.8 Å². The first-order valence-electron chi connectivity index (χ1n) is 5.33. The number of hydrogen-bond acceptors (Lipinski definition) is 5. The second-order valence-corrected chi connectivity index (χ2v) is 3.49. The van der Waals surface area contributed by atoms with Crippen LogP contribution in [-0.4, -0.2) is 21.7 Å². The Morgan fingerprint density at radius 2 is 2.00 bits per heavy atom. The van der Waals surface area contributed by atoms with Crippen LogP contribution in [0.2, 0.25) is 0 Å². The monoisotopic (exact) mass is 218 g/mol. The maximum Gasteiger partial charge on any atom is 0.226 e. The predicted molar refractivity (Wildman–Crippen MR) is 59.5 cm³/mol. The van der Waals surface area contributed by atoms with Crippen LogP contribution in [0.4, 0.5) is 0 Å². The largest absolute Gasteiger partial charge is 0.339 e. The van der Waals surface area contributed by atoms with E-state index in [0.717, 1.165) is 24.8 Å². The van der Waals surface area contributed by atoms with Gasteiger partial charge in [0, 0.05) is 24.4 Å². The molecule has 0 aliphatic carbocycles. The van der Waals surface area contributed by atoms with Gasteiger partial charge in [-0.25, -0.2) is 0 Å². The van der Waals surface area contributed by atoms with Gasteiger partial charge < -0.3 is 10.3 Å². The third-order valence-corrected chi connectivity index (χ3v) is 2.25. The van der Waals surface area contributed by atoms with Crippen molar-refractivity contribution in [3.8, 4) is 11.4 Å². The Hall–Kier alpha value is -1.75. The number of aromatic nitrogens is 3.